The second kappa shape index (κ2) is 8.54. The van der Waals surface area contributed by atoms with Crippen LogP contribution in [0.25, 0.3) is 10.9 Å². The number of hydrogen-bond acceptors (Lipinski definition) is 5. The minimum absolute atomic E-state index is 0.0731. The maximum Gasteiger partial charge on any atom is 0.277 e. The van der Waals surface area contributed by atoms with Gasteiger partial charge in [0.2, 0.25) is 5.91 Å². The molecule has 1 aromatic heterocycles. The van der Waals surface area contributed by atoms with Crippen molar-refractivity contribution in [2.75, 3.05) is 6.61 Å². The van der Waals surface area contributed by atoms with Crippen LogP contribution in [0.1, 0.15) is 33.1 Å². The number of benzene rings is 1. The lowest BCUT2D eigenvalue weighted by molar-refractivity contribution is -0.122. The third kappa shape index (κ3) is 4.38. The first-order valence-electron chi connectivity index (χ1n) is 8.29. The maximum absolute atomic E-state index is 12.3. The summed E-state index contributed by atoms with van der Waals surface area (Å²) in [6, 6.07) is 6.82. The molecule has 2 aromatic rings. The number of aliphatic hydroxyl groups is 1. The number of aliphatic hydroxyl groups excluding tert-OH is 1. The average molecular weight is 332 g/mol. The van der Waals surface area contributed by atoms with Crippen molar-refractivity contribution in [3.05, 3.63) is 34.6 Å². The molecule has 0 saturated heterocycles. The molecule has 7 nitrogen and oxygen atoms in total. The van der Waals surface area contributed by atoms with Crippen molar-refractivity contribution in [2.45, 2.75) is 45.7 Å². The highest BCUT2D eigenvalue weighted by Crippen LogP contribution is 2.08. The Morgan fingerprint density at radius 2 is 2.12 bits per heavy atom. The topological polar surface area (TPSA) is 97.1 Å². The standard InChI is InChI=1S/C17H24N4O3/c1-3-12(2)15(11-22)18-16(23)9-6-10-21-17(24)13-7-4-5-8-14(13)19-20-21/h4-5,7-8,12,15,22H,3,6,9-11H2,1-2H3,(H,18,23)/t12-,15+/m1/s1. The second-order valence-corrected chi connectivity index (χ2v) is 5.98. The summed E-state index contributed by atoms with van der Waals surface area (Å²) in [5, 5.41) is 20.6. The molecular formula is C17H24N4O3. The number of amides is 1. The molecule has 24 heavy (non-hydrogen) atoms. The Labute approximate surface area is 140 Å². The number of fused-ring (bicyclic) bond motifs is 1. The van der Waals surface area contributed by atoms with Crippen molar-refractivity contribution < 1.29 is 9.90 Å². The lowest BCUT2D eigenvalue weighted by atomic mass is 10.00. The van der Waals surface area contributed by atoms with E-state index in [1.807, 2.05) is 13.8 Å². The first kappa shape index (κ1) is 18.1. The van der Waals surface area contributed by atoms with Gasteiger partial charge in [0.15, 0.2) is 0 Å². The molecule has 0 unspecified atom stereocenters. The summed E-state index contributed by atoms with van der Waals surface area (Å²) in [5.74, 6) is 0.0871. The predicted molar refractivity (Wildman–Crippen MR) is 91.5 cm³/mol. The largest absolute Gasteiger partial charge is 0.394 e. The smallest absolute Gasteiger partial charge is 0.277 e. The van der Waals surface area contributed by atoms with E-state index in [9.17, 15) is 14.7 Å². The lowest BCUT2D eigenvalue weighted by Gasteiger charge is -2.22. The third-order valence-electron chi connectivity index (χ3n) is 4.28. The SMILES string of the molecule is CC[C@@H](C)[C@H](CO)NC(=O)CCCn1nnc2ccccc2c1=O. The number of nitrogens with zero attached hydrogens (tertiary/aromatic N) is 3. The van der Waals surface area contributed by atoms with Crippen molar-refractivity contribution in [3.63, 3.8) is 0 Å². The van der Waals surface area contributed by atoms with Gasteiger partial charge in [-0.25, -0.2) is 4.68 Å². The molecule has 0 radical (unpaired) electrons. The molecule has 1 amide bonds. The van der Waals surface area contributed by atoms with Gasteiger partial charge in [-0.15, -0.1) is 5.10 Å². The first-order valence-corrected chi connectivity index (χ1v) is 8.29. The molecule has 0 fully saturated rings. The molecule has 2 rings (SSSR count). The minimum atomic E-state index is -0.231. The van der Waals surface area contributed by atoms with Gasteiger partial charge in [-0.3, -0.25) is 9.59 Å². The zero-order valence-electron chi connectivity index (χ0n) is 14.1. The quantitative estimate of drug-likeness (QED) is 0.754. The molecule has 1 heterocycles. The van der Waals surface area contributed by atoms with E-state index in [1.54, 1.807) is 24.3 Å². The molecule has 0 saturated carbocycles. The fourth-order valence-electron chi connectivity index (χ4n) is 2.49. The van der Waals surface area contributed by atoms with E-state index >= 15 is 0 Å². The summed E-state index contributed by atoms with van der Waals surface area (Å²) < 4.78 is 1.29. The van der Waals surface area contributed by atoms with E-state index in [0.717, 1.165) is 6.42 Å². The van der Waals surface area contributed by atoms with E-state index in [2.05, 4.69) is 15.6 Å². The fourth-order valence-corrected chi connectivity index (χ4v) is 2.49. The third-order valence-corrected chi connectivity index (χ3v) is 4.28. The monoisotopic (exact) mass is 332 g/mol. The minimum Gasteiger partial charge on any atom is -0.394 e. The van der Waals surface area contributed by atoms with E-state index in [1.165, 1.54) is 4.68 Å². The van der Waals surface area contributed by atoms with Crippen molar-refractivity contribution in [1.82, 2.24) is 20.3 Å². The van der Waals surface area contributed by atoms with E-state index < -0.39 is 0 Å². The van der Waals surface area contributed by atoms with Gasteiger partial charge in [0, 0.05) is 13.0 Å². The van der Waals surface area contributed by atoms with Crippen LogP contribution in [-0.4, -0.2) is 38.7 Å². The van der Waals surface area contributed by atoms with E-state index in [4.69, 9.17) is 0 Å². The van der Waals surface area contributed by atoms with Crippen LogP contribution in [0, 0.1) is 5.92 Å². The normalized spacial score (nSPS) is 13.6. The number of carbonyl (C=O) groups is 1. The highest BCUT2D eigenvalue weighted by atomic mass is 16.3. The van der Waals surface area contributed by atoms with Crippen LogP contribution in [0.3, 0.4) is 0 Å². The summed E-state index contributed by atoms with van der Waals surface area (Å²) in [6.07, 6.45) is 1.64. The summed E-state index contributed by atoms with van der Waals surface area (Å²) >= 11 is 0. The molecule has 2 N–H and O–H groups in total. The lowest BCUT2D eigenvalue weighted by Crippen LogP contribution is -2.41. The zero-order valence-corrected chi connectivity index (χ0v) is 14.1. The van der Waals surface area contributed by atoms with Gasteiger partial charge >= 0.3 is 0 Å². The molecular weight excluding hydrogens is 308 g/mol. The predicted octanol–water partition coefficient (Wildman–Crippen LogP) is 1.09. The Morgan fingerprint density at radius 3 is 2.83 bits per heavy atom. The molecule has 1 aromatic carbocycles. The Morgan fingerprint density at radius 1 is 1.38 bits per heavy atom. The van der Waals surface area contributed by atoms with Crippen LogP contribution >= 0.6 is 0 Å². The van der Waals surface area contributed by atoms with Gasteiger partial charge < -0.3 is 10.4 Å². The van der Waals surface area contributed by atoms with Crippen molar-refractivity contribution in [2.24, 2.45) is 5.92 Å². The Balaban J connectivity index is 1.91. The summed E-state index contributed by atoms with van der Waals surface area (Å²) in [7, 11) is 0. The summed E-state index contributed by atoms with van der Waals surface area (Å²) in [4.78, 5) is 24.3. The Bertz CT molecular complexity index is 744. The average Bonchev–Trinajstić information content (AvgIpc) is 2.61. The van der Waals surface area contributed by atoms with E-state index in [-0.39, 0.29) is 36.5 Å². The van der Waals surface area contributed by atoms with Crippen LogP contribution in [0.5, 0.6) is 0 Å². The van der Waals surface area contributed by atoms with Gasteiger partial charge in [0.1, 0.15) is 5.52 Å². The van der Waals surface area contributed by atoms with Crippen molar-refractivity contribution in [1.29, 1.82) is 0 Å². The highest BCUT2D eigenvalue weighted by molar-refractivity contribution is 5.77. The fraction of sp³-hybridized carbons (Fsp3) is 0.529. The number of aryl methyl sites for hydroxylation is 1. The first-order chi connectivity index (χ1) is 11.6. The van der Waals surface area contributed by atoms with E-state index in [0.29, 0.717) is 23.9 Å². The number of nitrogens with one attached hydrogen (secondary N) is 1. The summed E-state index contributed by atoms with van der Waals surface area (Å²) in [6.45, 7) is 4.27. The highest BCUT2D eigenvalue weighted by Gasteiger charge is 2.17. The van der Waals surface area contributed by atoms with Gasteiger partial charge in [0.05, 0.1) is 18.0 Å². The summed E-state index contributed by atoms with van der Waals surface area (Å²) in [5.41, 5.74) is 0.365. The van der Waals surface area contributed by atoms with Gasteiger partial charge in [-0.2, -0.15) is 0 Å². The molecule has 0 aliphatic carbocycles. The Kier molecular flexibility index (Phi) is 6.43. The van der Waals surface area contributed by atoms with Crippen LogP contribution in [0.15, 0.2) is 29.1 Å². The van der Waals surface area contributed by atoms with Crippen LogP contribution < -0.4 is 10.9 Å². The van der Waals surface area contributed by atoms with Crippen LogP contribution in [0.2, 0.25) is 0 Å². The zero-order chi connectivity index (χ0) is 17.5. The number of aromatic nitrogens is 3. The molecule has 0 aliphatic heterocycles. The van der Waals surface area contributed by atoms with Gasteiger partial charge in [-0.1, -0.05) is 37.6 Å². The number of carbonyl (C=O) groups excluding carboxylic acids is 1. The van der Waals surface area contributed by atoms with Crippen LogP contribution in [0.4, 0.5) is 0 Å². The molecule has 0 aliphatic rings. The number of rotatable bonds is 8. The molecule has 7 heteroatoms. The molecule has 2 atom stereocenters. The number of hydrogen-bond donors (Lipinski definition) is 2. The molecule has 130 valence electrons. The van der Waals surface area contributed by atoms with Crippen molar-refractivity contribution >= 4 is 16.8 Å². The van der Waals surface area contributed by atoms with Gasteiger partial charge in [-0.05, 0) is 24.5 Å². The van der Waals surface area contributed by atoms with Crippen molar-refractivity contribution in [3.8, 4) is 0 Å². The molecule has 0 bridgehead atoms. The maximum atomic E-state index is 12.3. The van der Waals surface area contributed by atoms with Crippen LogP contribution in [-0.2, 0) is 11.3 Å². The second-order valence-electron chi connectivity index (χ2n) is 5.98. The Hall–Kier alpha value is -2.28. The molecule has 0 spiro atoms. The van der Waals surface area contributed by atoms with Gasteiger partial charge in [0.25, 0.3) is 5.56 Å².